The second kappa shape index (κ2) is 9.40. The van der Waals surface area contributed by atoms with Gasteiger partial charge in [0.15, 0.2) is 0 Å². The average Bonchev–Trinajstić information content (AvgIpc) is 2.25. The fraction of sp³-hybridized carbons (Fsp3) is 0.769. The number of hydrogen-bond donors (Lipinski definition) is 1. The molecule has 1 atom stereocenters. The summed E-state index contributed by atoms with van der Waals surface area (Å²) in [6.45, 7) is 10.8. The molecule has 0 aromatic carbocycles. The van der Waals surface area contributed by atoms with E-state index < -0.39 is 0 Å². The van der Waals surface area contributed by atoms with Gasteiger partial charge in [-0.15, -0.1) is 0 Å². The highest BCUT2D eigenvalue weighted by Crippen LogP contribution is 2.00. The normalized spacial score (nSPS) is 12.2. The molecule has 0 heterocycles. The van der Waals surface area contributed by atoms with Crippen molar-refractivity contribution in [2.75, 3.05) is 13.2 Å². The van der Waals surface area contributed by atoms with E-state index in [9.17, 15) is 4.79 Å². The van der Waals surface area contributed by atoms with E-state index in [0.717, 1.165) is 13.0 Å². The van der Waals surface area contributed by atoms with Crippen molar-refractivity contribution in [3.63, 3.8) is 0 Å². The Labute approximate surface area is 99.3 Å². The second-order valence-electron chi connectivity index (χ2n) is 4.23. The van der Waals surface area contributed by atoms with Crippen LogP contribution in [0.2, 0.25) is 0 Å². The second-order valence-corrected chi connectivity index (χ2v) is 4.23. The van der Waals surface area contributed by atoms with Gasteiger partial charge in [-0.25, -0.2) is 0 Å². The lowest BCUT2D eigenvalue weighted by molar-refractivity contribution is -0.118. The summed E-state index contributed by atoms with van der Waals surface area (Å²) in [6, 6.07) is 0. The molecule has 0 aliphatic carbocycles. The first-order chi connectivity index (χ1) is 7.57. The Kier molecular flexibility index (Phi) is 8.91. The van der Waals surface area contributed by atoms with Gasteiger partial charge in [0.1, 0.15) is 0 Å². The Morgan fingerprint density at radius 2 is 2.06 bits per heavy atom. The Morgan fingerprint density at radius 1 is 1.38 bits per heavy atom. The third-order valence-electron chi connectivity index (χ3n) is 2.34. The molecule has 0 fully saturated rings. The van der Waals surface area contributed by atoms with Crippen LogP contribution in [0.4, 0.5) is 0 Å². The van der Waals surface area contributed by atoms with Crippen LogP contribution in [-0.4, -0.2) is 25.2 Å². The van der Waals surface area contributed by atoms with Crippen LogP contribution >= 0.6 is 0 Å². The molecule has 0 radical (unpaired) electrons. The van der Waals surface area contributed by atoms with E-state index in [1.165, 1.54) is 19.3 Å². The average molecular weight is 227 g/mol. The van der Waals surface area contributed by atoms with E-state index in [2.05, 4.69) is 18.8 Å². The quantitative estimate of drug-likeness (QED) is 0.486. The first-order valence-corrected chi connectivity index (χ1v) is 6.13. The minimum atomic E-state index is -0.0959. The molecule has 3 nitrogen and oxygen atoms in total. The van der Waals surface area contributed by atoms with E-state index in [1.807, 2.05) is 6.92 Å². The minimum Gasteiger partial charge on any atom is -0.377 e. The van der Waals surface area contributed by atoms with Gasteiger partial charge in [0, 0.05) is 18.7 Å². The molecular weight excluding hydrogens is 202 g/mol. The zero-order chi connectivity index (χ0) is 12.4. The van der Waals surface area contributed by atoms with Crippen LogP contribution in [0.5, 0.6) is 0 Å². The Bertz CT molecular complexity index is 214. The standard InChI is InChI=1S/C13H25NO2/c1-5-6-7-8-9-16-12(4)10-14-13(15)11(2)3/h12H,2,5-10H2,1,3-4H3,(H,14,15). The van der Waals surface area contributed by atoms with Crippen molar-refractivity contribution in [3.05, 3.63) is 12.2 Å². The van der Waals surface area contributed by atoms with Crippen LogP contribution in [0.15, 0.2) is 12.2 Å². The molecule has 0 rings (SSSR count). The van der Waals surface area contributed by atoms with Crippen LogP contribution < -0.4 is 5.32 Å². The van der Waals surface area contributed by atoms with Gasteiger partial charge in [-0.1, -0.05) is 32.8 Å². The van der Waals surface area contributed by atoms with E-state index >= 15 is 0 Å². The third-order valence-corrected chi connectivity index (χ3v) is 2.34. The fourth-order valence-electron chi connectivity index (χ4n) is 1.26. The molecule has 1 unspecified atom stereocenters. The SMILES string of the molecule is C=C(C)C(=O)NCC(C)OCCCCCC. The Morgan fingerprint density at radius 3 is 2.62 bits per heavy atom. The maximum atomic E-state index is 11.2. The largest absolute Gasteiger partial charge is 0.377 e. The zero-order valence-electron chi connectivity index (χ0n) is 10.8. The molecule has 0 saturated heterocycles. The summed E-state index contributed by atoms with van der Waals surface area (Å²) in [5.41, 5.74) is 0.537. The molecule has 1 amide bonds. The summed E-state index contributed by atoms with van der Waals surface area (Å²) < 4.78 is 5.57. The van der Waals surface area contributed by atoms with Gasteiger partial charge >= 0.3 is 0 Å². The van der Waals surface area contributed by atoms with E-state index in [1.54, 1.807) is 6.92 Å². The molecule has 1 N–H and O–H groups in total. The van der Waals surface area contributed by atoms with Gasteiger partial charge < -0.3 is 10.1 Å². The summed E-state index contributed by atoms with van der Waals surface area (Å²) in [4.78, 5) is 11.2. The number of nitrogens with one attached hydrogen (secondary N) is 1. The van der Waals surface area contributed by atoms with Crippen molar-refractivity contribution in [1.82, 2.24) is 5.32 Å². The van der Waals surface area contributed by atoms with Gasteiger partial charge in [-0.05, 0) is 20.3 Å². The number of hydrogen-bond acceptors (Lipinski definition) is 2. The molecule has 0 aromatic heterocycles. The summed E-state index contributed by atoms with van der Waals surface area (Å²) in [7, 11) is 0. The molecule has 0 aromatic rings. The van der Waals surface area contributed by atoms with Gasteiger partial charge in [-0.3, -0.25) is 4.79 Å². The number of rotatable bonds is 9. The predicted molar refractivity (Wildman–Crippen MR) is 67.4 cm³/mol. The van der Waals surface area contributed by atoms with Crippen LogP contribution in [0.3, 0.4) is 0 Å². The molecule has 0 bridgehead atoms. The molecular formula is C13H25NO2. The number of amides is 1. The van der Waals surface area contributed by atoms with Crippen molar-refractivity contribution in [2.45, 2.75) is 52.6 Å². The van der Waals surface area contributed by atoms with Gasteiger partial charge in [0.25, 0.3) is 0 Å². The highest BCUT2D eigenvalue weighted by atomic mass is 16.5. The monoisotopic (exact) mass is 227 g/mol. The lowest BCUT2D eigenvalue weighted by atomic mass is 10.2. The van der Waals surface area contributed by atoms with Crippen molar-refractivity contribution in [3.8, 4) is 0 Å². The fourth-order valence-corrected chi connectivity index (χ4v) is 1.26. The smallest absolute Gasteiger partial charge is 0.246 e. The van der Waals surface area contributed by atoms with Gasteiger partial charge in [-0.2, -0.15) is 0 Å². The van der Waals surface area contributed by atoms with Crippen LogP contribution in [0, 0.1) is 0 Å². The third kappa shape index (κ3) is 8.48. The number of carbonyl (C=O) groups excluding carboxylic acids is 1. The molecule has 16 heavy (non-hydrogen) atoms. The molecule has 0 aliphatic heterocycles. The van der Waals surface area contributed by atoms with Gasteiger partial charge in [0.2, 0.25) is 5.91 Å². The van der Waals surface area contributed by atoms with E-state index in [-0.39, 0.29) is 12.0 Å². The van der Waals surface area contributed by atoms with Crippen molar-refractivity contribution >= 4 is 5.91 Å². The van der Waals surface area contributed by atoms with E-state index in [4.69, 9.17) is 4.74 Å². The summed E-state index contributed by atoms with van der Waals surface area (Å²) in [5.74, 6) is -0.0959. The van der Waals surface area contributed by atoms with Crippen LogP contribution in [-0.2, 0) is 9.53 Å². The maximum Gasteiger partial charge on any atom is 0.246 e. The Hall–Kier alpha value is -0.830. The van der Waals surface area contributed by atoms with Crippen molar-refractivity contribution in [1.29, 1.82) is 0 Å². The first kappa shape index (κ1) is 15.2. The number of unbranched alkanes of at least 4 members (excludes halogenated alkanes) is 3. The number of carbonyl (C=O) groups is 1. The van der Waals surface area contributed by atoms with Crippen LogP contribution in [0.25, 0.3) is 0 Å². The molecule has 3 heteroatoms. The van der Waals surface area contributed by atoms with E-state index in [0.29, 0.717) is 12.1 Å². The maximum absolute atomic E-state index is 11.2. The van der Waals surface area contributed by atoms with Gasteiger partial charge in [0.05, 0.1) is 6.10 Å². The summed E-state index contributed by atoms with van der Waals surface area (Å²) in [5, 5.41) is 2.77. The van der Waals surface area contributed by atoms with Crippen LogP contribution in [0.1, 0.15) is 46.5 Å². The molecule has 94 valence electrons. The zero-order valence-corrected chi connectivity index (χ0v) is 10.8. The summed E-state index contributed by atoms with van der Waals surface area (Å²) in [6.07, 6.45) is 4.91. The molecule has 0 spiro atoms. The number of ether oxygens (including phenoxy) is 1. The van der Waals surface area contributed by atoms with Crippen molar-refractivity contribution < 1.29 is 9.53 Å². The molecule has 0 aliphatic rings. The lowest BCUT2D eigenvalue weighted by Gasteiger charge is -2.13. The topological polar surface area (TPSA) is 38.3 Å². The molecule has 0 saturated carbocycles. The highest BCUT2D eigenvalue weighted by molar-refractivity contribution is 5.92. The highest BCUT2D eigenvalue weighted by Gasteiger charge is 2.05. The lowest BCUT2D eigenvalue weighted by Crippen LogP contribution is -2.32. The Balaban J connectivity index is 3.41. The minimum absolute atomic E-state index is 0.0740. The predicted octanol–water partition coefficient (Wildman–Crippen LogP) is 2.66. The van der Waals surface area contributed by atoms with Crippen molar-refractivity contribution in [2.24, 2.45) is 0 Å². The summed E-state index contributed by atoms with van der Waals surface area (Å²) >= 11 is 0. The first-order valence-electron chi connectivity index (χ1n) is 6.13.